The number of amides is 2. The third kappa shape index (κ3) is 8.06. The zero-order valence-electron chi connectivity index (χ0n) is 24.0. The second-order valence-corrected chi connectivity index (χ2v) is 10.1. The van der Waals surface area contributed by atoms with E-state index in [4.69, 9.17) is 37.4 Å². The Bertz CT molecular complexity index is 1740. The first-order valence-electron chi connectivity index (χ1n) is 13.2. The molecule has 2 amide bonds. The number of hydrogen-bond acceptors (Lipinski definition) is 6. The summed E-state index contributed by atoms with van der Waals surface area (Å²) < 4.78 is 16.2. The van der Waals surface area contributed by atoms with Crippen LogP contribution < -0.4 is 24.8 Å². The molecular formula is C34H28Cl2N2O6. The predicted octanol–water partition coefficient (Wildman–Crippen LogP) is 7.32. The summed E-state index contributed by atoms with van der Waals surface area (Å²) in [6.07, 6.45) is 4.48. The van der Waals surface area contributed by atoms with Crippen molar-refractivity contribution in [1.29, 1.82) is 0 Å². The van der Waals surface area contributed by atoms with Gasteiger partial charge in [0.2, 0.25) is 0 Å². The monoisotopic (exact) mass is 630 g/mol. The van der Waals surface area contributed by atoms with Gasteiger partial charge in [-0.2, -0.15) is 0 Å². The van der Waals surface area contributed by atoms with Gasteiger partial charge in [-0.3, -0.25) is 14.4 Å². The number of allylic oxidation sites excluding steroid dienone is 1. The lowest BCUT2D eigenvalue weighted by Gasteiger charge is -2.15. The SMILES string of the molecule is COc1cc(OC)c(OC)cc1/C=C(\NC(=O)c1ccccc1)C(=O)Nc1ccc(C(=O)/C=C/c2ccc(Cl)cc2Cl)cc1. The molecule has 0 fully saturated rings. The zero-order chi connectivity index (χ0) is 31.6. The number of halogens is 2. The Hall–Kier alpha value is -5.05. The van der Waals surface area contributed by atoms with Crippen molar-refractivity contribution in [1.82, 2.24) is 5.32 Å². The molecule has 0 saturated heterocycles. The summed E-state index contributed by atoms with van der Waals surface area (Å²) in [6, 6.07) is 23.1. The third-order valence-corrected chi connectivity index (χ3v) is 6.93. The van der Waals surface area contributed by atoms with Crippen molar-refractivity contribution in [3.63, 3.8) is 0 Å². The molecular weight excluding hydrogens is 603 g/mol. The molecule has 224 valence electrons. The largest absolute Gasteiger partial charge is 0.496 e. The molecule has 0 spiro atoms. The molecule has 4 rings (SSSR count). The van der Waals surface area contributed by atoms with Crippen molar-refractivity contribution < 1.29 is 28.6 Å². The highest BCUT2D eigenvalue weighted by atomic mass is 35.5. The zero-order valence-corrected chi connectivity index (χ0v) is 25.5. The summed E-state index contributed by atoms with van der Waals surface area (Å²) in [6.45, 7) is 0. The standard InChI is InChI=1S/C34H28Cl2N2O6/c1-42-30-20-32(44-3)31(43-2)18-24(30)17-28(38-33(40)23-7-5-4-6-8-23)34(41)37-26-14-10-22(11-15-26)29(39)16-12-21-9-13-25(35)19-27(21)36/h4-20H,1-3H3,(H,37,41)(H,38,40)/b16-12+,28-17-. The smallest absolute Gasteiger partial charge is 0.272 e. The molecule has 44 heavy (non-hydrogen) atoms. The number of nitrogens with one attached hydrogen (secondary N) is 2. The number of carbonyl (C=O) groups is 3. The third-order valence-electron chi connectivity index (χ3n) is 6.37. The predicted molar refractivity (Wildman–Crippen MR) is 173 cm³/mol. The Kier molecular flexibility index (Phi) is 10.8. The summed E-state index contributed by atoms with van der Waals surface area (Å²) in [5, 5.41) is 6.38. The van der Waals surface area contributed by atoms with Crippen LogP contribution in [0.4, 0.5) is 5.69 Å². The van der Waals surface area contributed by atoms with Gasteiger partial charge in [-0.1, -0.05) is 47.5 Å². The Morgan fingerprint density at radius 3 is 2.00 bits per heavy atom. The molecule has 0 bridgehead atoms. The van der Waals surface area contributed by atoms with Crippen molar-refractivity contribution in [2.24, 2.45) is 0 Å². The summed E-state index contributed by atoms with van der Waals surface area (Å²) in [5.41, 5.74) is 2.20. The maximum absolute atomic E-state index is 13.5. The van der Waals surface area contributed by atoms with Gasteiger partial charge >= 0.3 is 0 Å². The minimum Gasteiger partial charge on any atom is -0.496 e. The number of rotatable bonds is 11. The minimum absolute atomic E-state index is 0.0627. The molecule has 10 heteroatoms. The lowest BCUT2D eigenvalue weighted by atomic mass is 10.1. The molecule has 2 N–H and O–H groups in total. The van der Waals surface area contributed by atoms with Crippen LogP contribution >= 0.6 is 23.2 Å². The minimum atomic E-state index is -0.609. The average molecular weight is 632 g/mol. The first-order valence-corrected chi connectivity index (χ1v) is 13.9. The van der Waals surface area contributed by atoms with Crippen LogP contribution in [0.1, 0.15) is 31.8 Å². The van der Waals surface area contributed by atoms with Gasteiger partial charge in [-0.05, 0) is 78.4 Å². The fraction of sp³-hybridized carbons (Fsp3) is 0.0882. The molecule has 0 heterocycles. The molecule has 8 nitrogen and oxygen atoms in total. The Morgan fingerprint density at radius 2 is 1.36 bits per heavy atom. The highest BCUT2D eigenvalue weighted by molar-refractivity contribution is 6.35. The fourth-order valence-electron chi connectivity index (χ4n) is 4.08. The lowest BCUT2D eigenvalue weighted by molar-refractivity contribution is -0.113. The van der Waals surface area contributed by atoms with Gasteiger partial charge in [0.1, 0.15) is 11.4 Å². The van der Waals surface area contributed by atoms with Crippen LogP contribution in [-0.2, 0) is 4.79 Å². The second kappa shape index (κ2) is 14.9. The Morgan fingerprint density at radius 1 is 0.705 bits per heavy atom. The lowest BCUT2D eigenvalue weighted by Crippen LogP contribution is -2.30. The summed E-state index contributed by atoms with van der Waals surface area (Å²) >= 11 is 12.1. The van der Waals surface area contributed by atoms with Gasteiger partial charge in [-0.25, -0.2) is 0 Å². The molecule has 0 unspecified atom stereocenters. The number of benzene rings is 4. The van der Waals surface area contributed by atoms with Crippen molar-refractivity contribution in [2.75, 3.05) is 26.6 Å². The van der Waals surface area contributed by atoms with Gasteiger partial charge in [-0.15, -0.1) is 0 Å². The van der Waals surface area contributed by atoms with Gasteiger partial charge in [0.15, 0.2) is 17.3 Å². The highest BCUT2D eigenvalue weighted by Crippen LogP contribution is 2.35. The van der Waals surface area contributed by atoms with E-state index in [1.54, 1.807) is 91.0 Å². The molecule has 0 aliphatic carbocycles. The van der Waals surface area contributed by atoms with Crippen LogP contribution in [0.3, 0.4) is 0 Å². The maximum Gasteiger partial charge on any atom is 0.272 e. The molecule has 0 aromatic heterocycles. The molecule has 4 aromatic carbocycles. The van der Waals surface area contributed by atoms with Crippen LogP contribution in [0.5, 0.6) is 17.2 Å². The van der Waals surface area contributed by atoms with E-state index in [9.17, 15) is 14.4 Å². The topological polar surface area (TPSA) is 103 Å². The quantitative estimate of drug-likeness (QED) is 0.133. The van der Waals surface area contributed by atoms with Crippen molar-refractivity contribution >= 4 is 58.6 Å². The average Bonchev–Trinajstić information content (AvgIpc) is 3.04. The van der Waals surface area contributed by atoms with E-state index in [0.717, 1.165) is 0 Å². The van der Waals surface area contributed by atoms with E-state index in [0.29, 0.717) is 55.2 Å². The molecule has 0 saturated carbocycles. The first-order chi connectivity index (χ1) is 21.2. The number of anilines is 1. The summed E-state index contributed by atoms with van der Waals surface area (Å²) in [5.74, 6) is -0.131. The van der Waals surface area contributed by atoms with Gasteiger partial charge in [0.25, 0.3) is 11.8 Å². The Labute approximate surface area is 264 Å². The van der Waals surface area contributed by atoms with Crippen molar-refractivity contribution in [2.45, 2.75) is 0 Å². The number of ether oxygens (including phenoxy) is 3. The van der Waals surface area contributed by atoms with E-state index in [2.05, 4.69) is 10.6 Å². The van der Waals surface area contributed by atoms with Crippen molar-refractivity contribution in [3.8, 4) is 17.2 Å². The maximum atomic E-state index is 13.5. The number of methoxy groups -OCH3 is 3. The molecule has 0 aliphatic rings. The number of ketones is 1. The first kappa shape index (κ1) is 31.9. The van der Waals surface area contributed by atoms with E-state index < -0.39 is 11.8 Å². The normalized spacial score (nSPS) is 11.2. The molecule has 0 aliphatic heterocycles. The molecule has 0 atom stereocenters. The van der Waals surface area contributed by atoms with Crippen molar-refractivity contribution in [3.05, 3.63) is 129 Å². The van der Waals surface area contributed by atoms with Crippen LogP contribution in [0.15, 0.2) is 96.7 Å². The van der Waals surface area contributed by atoms with Crippen LogP contribution in [0.25, 0.3) is 12.2 Å². The fourth-order valence-corrected chi connectivity index (χ4v) is 4.55. The van der Waals surface area contributed by atoms with Crippen LogP contribution in [0.2, 0.25) is 10.0 Å². The Balaban J connectivity index is 1.59. The second-order valence-electron chi connectivity index (χ2n) is 9.22. The number of hydrogen-bond donors (Lipinski definition) is 2. The van der Waals surface area contributed by atoms with Crippen LogP contribution in [0, 0.1) is 0 Å². The van der Waals surface area contributed by atoms with Gasteiger partial charge in [0.05, 0.1) is 21.3 Å². The van der Waals surface area contributed by atoms with Crippen LogP contribution in [-0.4, -0.2) is 38.9 Å². The molecule has 4 aromatic rings. The van der Waals surface area contributed by atoms with E-state index in [1.807, 2.05) is 0 Å². The molecule has 0 radical (unpaired) electrons. The number of carbonyl (C=O) groups excluding carboxylic acids is 3. The highest BCUT2D eigenvalue weighted by Gasteiger charge is 2.18. The summed E-state index contributed by atoms with van der Waals surface area (Å²) in [4.78, 5) is 39.3. The summed E-state index contributed by atoms with van der Waals surface area (Å²) in [7, 11) is 4.46. The van der Waals surface area contributed by atoms with E-state index in [-0.39, 0.29) is 11.5 Å². The van der Waals surface area contributed by atoms with Gasteiger partial charge in [0, 0.05) is 38.5 Å². The van der Waals surface area contributed by atoms with E-state index in [1.165, 1.54) is 33.5 Å². The van der Waals surface area contributed by atoms with E-state index >= 15 is 0 Å². The van der Waals surface area contributed by atoms with Gasteiger partial charge < -0.3 is 24.8 Å².